The summed E-state index contributed by atoms with van der Waals surface area (Å²) < 4.78 is 17.0. The number of nitriles is 1. The largest absolute Gasteiger partial charge is 0.309 e. The van der Waals surface area contributed by atoms with Gasteiger partial charge in [0.25, 0.3) is 0 Å². The van der Waals surface area contributed by atoms with Gasteiger partial charge in [0.15, 0.2) is 17.5 Å². The average Bonchev–Trinajstić information content (AvgIpc) is 3.55. The van der Waals surface area contributed by atoms with Gasteiger partial charge < -0.3 is 4.57 Å². The molecule has 5 nitrogen and oxygen atoms in total. The predicted octanol–water partition coefficient (Wildman–Crippen LogP) is 11.3. The summed E-state index contributed by atoms with van der Waals surface area (Å²) >= 11 is 0. The number of rotatable bonds is 6. The van der Waals surface area contributed by atoms with E-state index in [1.54, 1.807) is 12.1 Å². The van der Waals surface area contributed by atoms with E-state index >= 15 is 0 Å². The number of para-hydroxylation sites is 1. The van der Waals surface area contributed by atoms with Crippen molar-refractivity contribution in [3.8, 4) is 68.2 Å². The van der Waals surface area contributed by atoms with Gasteiger partial charge in [0, 0.05) is 33.2 Å². The van der Waals surface area contributed by atoms with E-state index in [-0.39, 0.29) is 5.82 Å². The molecule has 0 amide bonds. The molecule has 9 rings (SSSR count). The van der Waals surface area contributed by atoms with Gasteiger partial charge in [-0.15, -0.1) is 0 Å². The minimum Gasteiger partial charge on any atom is -0.309 e. The molecule has 0 aliphatic heterocycles. The zero-order valence-electron chi connectivity index (χ0n) is 27.8. The lowest BCUT2D eigenvalue weighted by molar-refractivity contribution is 0.628. The molecular formula is C46H28FN5. The standard InChI is InChI=1S/C46H28FN5/c47-36-15-9-14-35(26-36)38-25-23-37(28-41(38)46-50-44(32-10-3-1-4-11-32)49-45(51-46)33-12-5-2-6-13-33)52-42-17-8-7-16-39(42)40-24-22-34(27-43(40)52)31-20-18-30(29-48)19-21-31/h1-28H. The van der Waals surface area contributed by atoms with Crippen LogP contribution in [-0.2, 0) is 0 Å². The molecule has 0 spiro atoms. The first-order valence-electron chi connectivity index (χ1n) is 16.9. The molecule has 9 aromatic rings. The molecule has 0 N–H and O–H groups in total. The SMILES string of the molecule is N#Cc1ccc(-c2ccc3c4ccccc4n(-c4ccc(-c5cccc(F)c5)c(-c5nc(-c6ccccc6)nc(-c6ccccc6)n5)c4)c3c2)cc1. The lowest BCUT2D eigenvalue weighted by atomic mass is 9.98. The molecule has 244 valence electrons. The van der Waals surface area contributed by atoms with Crippen molar-refractivity contribution in [3.63, 3.8) is 0 Å². The Hall–Kier alpha value is -7.23. The van der Waals surface area contributed by atoms with Crippen molar-refractivity contribution in [2.24, 2.45) is 0 Å². The first-order chi connectivity index (χ1) is 25.6. The van der Waals surface area contributed by atoms with Gasteiger partial charge in [-0.25, -0.2) is 19.3 Å². The van der Waals surface area contributed by atoms with Crippen molar-refractivity contribution in [2.45, 2.75) is 0 Å². The zero-order chi connectivity index (χ0) is 35.0. The molecular weight excluding hydrogens is 642 g/mol. The van der Waals surface area contributed by atoms with Crippen LogP contribution in [0.15, 0.2) is 170 Å². The van der Waals surface area contributed by atoms with Crippen LogP contribution in [0.25, 0.3) is 83.9 Å². The summed E-state index contributed by atoms with van der Waals surface area (Å²) in [5.41, 5.74) is 9.64. The van der Waals surface area contributed by atoms with Crippen LogP contribution in [0.1, 0.15) is 5.56 Å². The van der Waals surface area contributed by atoms with E-state index in [0.717, 1.165) is 66.4 Å². The average molecular weight is 670 g/mol. The molecule has 0 bridgehead atoms. The Balaban J connectivity index is 1.31. The van der Waals surface area contributed by atoms with Gasteiger partial charge in [-0.3, -0.25) is 0 Å². The summed E-state index contributed by atoms with van der Waals surface area (Å²) in [6, 6.07) is 57.3. The number of hydrogen-bond acceptors (Lipinski definition) is 4. The number of halogens is 1. The van der Waals surface area contributed by atoms with Crippen LogP contribution in [-0.4, -0.2) is 19.5 Å². The summed E-state index contributed by atoms with van der Waals surface area (Å²) in [5.74, 6) is 1.25. The third kappa shape index (κ3) is 5.57. The van der Waals surface area contributed by atoms with E-state index in [4.69, 9.17) is 15.0 Å². The molecule has 0 radical (unpaired) electrons. The quantitative estimate of drug-likeness (QED) is 0.177. The zero-order valence-corrected chi connectivity index (χ0v) is 27.8. The summed E-state index contributed by atoms with van der Waals surface area (Å²) in [6.07, 6.45) is 0. The minimum absolute atomic E-state index is 0.323. The molecule has 52 heavy (non-hydrogen) atoms. The van der Waals surface area contributed by atoms with Gasteiger partial charge in [-0.05, 0) is 70.8 Å². The van der Waals surface area contributed by atoms with E-state index in [2.05, 4.69) is 59.2 Å². The Kier molecular flexibility index (Phi) is 7.64. The predicted molar refractivity (Wildman–Crippen MR) is 206 cm³/mol. The summed E-state index contributed by atoms with van der Waals surface area (Å²) in [7, 11) is 0. The van der Waals surface area contributed by atoms with Gasteiger partial charge in [-0.2, -0.15) is 5.26 Å². The Morgan fingerprint density at radius 2 is 1.06 bits per heavy atom. The Labute approximate surface area is 299 Å². The van der Waals surface area contributed by atoms with Crippen LogP contribution in [0.3, 0.4) is 0 Å². The van der Waals surface area contributed by atoms with Gasteiger partial charge in [0.2, 0.25) is 0 Å². The second kappa shape index (κ2) is 12.9. The van der Waals surface area contributed by atoms with Crippen molar-refractivity contribution < 1.29 is 4.39 Å². The Morgan fingerprint density at radius 3 is 1.75 bits per heavy atom. The van der Waals surface area contributed by atoms with E-state index in [1.165, 1.54) is 6.07 Å². The molecule has 2 aromatic heterocycles. The number of nitrogens with zero attached hydrogens (tertiary/aromatic N) is 5. The number of benzene rings is 7. The lowest BCUT2D eigenvalue weighted by Gasteiger charge is -2.16. The Morgan fingerprint density at radius 1 is 0.442 bits per heavy atom. The fourth-order valence-electron chi connectivity index (χ4n) is 6.86. The van der Waals surface area contributed by atoms with Crippen molar-refractivity contribution in [1.29, 1.82) is 5.26 Å². The molecule has 2 heterocycles. The van der Waals surface area contributed by atoms with Gasteiger partial charge >= 0.3 is 0 Å². The fourth-order valence-corrected chi connectivity index (χ4v) is 6.86. The molecule has 0 saturated carbocycles. The van der Waals surface area contributed by atoms with Crippen LogP contribution in [0, 0.1) is 17.1 Å². The summed E-state index contributed by atoms with van der Waals surface area (Å²) in [6.45, 7) is 0. The summed E-state index contributed by atoms with van der Waals surface area (Å²) in [4.78, 5) is 15.1. The van der Waals surface area contributed by atoms with Crippen molar-refractivity contribution in [2.75, 3.05) is 0 Å². The highest BCUT2D eigenvalue weighted by Gasteiger charge is 2.19. The third-order valence-corrected chi connectivity index (χ3v) is 9.36. The van der Waals surface area contributed by atoms with Gasteiger partial charge in [-0.1, -0.05) is 121 Å². The smallest absolute Gasteiger partial charge is 0.164 e. The molecule has 6 heteroatoms. The van der Waals surface area contributed by atoms with Gasteiger partial charge in [0.05, 0.1) is 22.7 Å². The highest BCUT2D eigenvalue weighted by atomic mass is 19.1. The number of fused-ring (bicyclic) bond motifs is 3. The van der Waals surface area contributed by atoms with Crippen LogP contribution in [0.4, 0.5) is 4.39 Å². The van der Waals surface area contributed by atoms with Crippen LogP contribution >= 0.6 is 0 Å². The van der Waals surface area contributed by atoms with Crippen molar-refractivity contribution in [1.82, 2.24) is 19.5 Å². The molecule has 7 aromatic carbocycles. The molecule has 0 atom stereocenters. The van der Waals surface area contributed by atoms with Gasteiger partial charge in [0.1, 0.15) is 5.82 Å². The number of hydrogen-bond donors (Lipinski definition) is 0. The highest BCUT2D eigenvalue weighted by Crippen LogP contribution is 2.39. The van der Waals surface area contributed by atoms with E-state index < -0.39 is 0 Å². The van der Waals surface area contributed by atoms with Crippen molar-refractivity contribution in [3.05, 3.63) is 181 Å². The van der Waals surface area contributed by atoms with Crippen LogP contribution in [0.5, 0.6) is 0 Å². The maximum absolute atomic E-state index is 14.8. The maximum atomic E-state index is 14.8. The monoisotopic (exact) mass is 669 g/mol. The highest BCUT2D eigenvalue weighted by molar-refractivity contribution is 6.10. The minimum atomic E-state index is -0.323. The molecule has 0 aliphatic carbocycles. The number of aromatic nitrogens is 4. The lowest BCUT2D eigenvalue weighted by Crippen LogP contribution is -2.02. The van der Waals surface area contributed by atoms with E-state index in [1.807, 2.05) is 103 Å². The van der Waals surface area contributed by atoms with E-state index in [9.17, 15) is 9.65 Å². The second-order valence-electron chi connectivity index (χ2n) is 12.6. The fraction of sp³-hybridized carbons (Fsp3) is 0. The first kappa shape index (κ1) is 30.8. The third-order valence-electron chi connectivity index (χ3n) is 9.36. The second-order valence-corrected chi connectivity index (χ2v) is 12.6. The van der Waals surface area contributed by atoms with Crippen LogP contribution in [0.2, 0.25) is 0 Å². The van der Waals surface area contributed by atoms with E-state index in [0.29, 0.717) is 23.0 Å². The summed E-state index contributed by atoms with van der Waals surface area (Å²) in [5, 5.41) is 11.6. The van der Waals surface area contributed by atoms with Crippen LogP contribution < -0.4 is 0 Å². The molecule has 0 unspecified atom stereocenters. The normalized spacial score (nSPS) is 11.2. The molecule has 0 aliphatic rings. The Bertz CT molecular complexity index is 2740. The molecule has 0 saturated heterocycles. The van der Waals surface area contributed by atoms with Crippen molar-refractivity contribution >= 4 is 21.8 Å². The first-order valence-corrected chi connectivity index (χ1v) is 16.9. The topological polar surface area (TPSA) is 67.4 Å². The molecule has 0 fully saturated rings. The maximum Gasteiger partial charge on any atom is 0.164 e.